The highest BCUT2D eigenvalue weighted by Crippen LogP contribution is 2.51. The predicted octanol–water partition coefficient (Wildman–Crippen LogP) is 1.72. The first-order valence-electron chi connectivity index (χ1n) is 11.3. The van der Waals surface area contributed by atoms with Crippen LogP contribution >= 0.6 is 11.6 Å². The largest absolute Gasteiger partial charge is 0.444 e. The van der Waals surface area contributed by atoms with Crippen molar-refractivity contribution >= 4 is 58.0 Å². The number of barbiturate groups is 1. The molecular formula is C22H22ClN5O7. The minimum Gasteiger partial charge on any atom is -0.444 e. The molecule has 2 N–H and O–H groups in total. The molecule has 3 saturated heterocycles. The number of carbonyl (C=O) groups is 4. The second kappa shape index (κ2) is 7.31. The van der Waals surface area contributed by atoms with Crippen molar-refractivity contribution in [2.75, 3.05) is 22.9 Å². The Bertz CT molecular complexity index is 1300. The molecule has 5 amide bonds. The molecule has 1 spiro atoms. The highest BCUT2D eigenvalue weighted by Gasteiger charge is 2.63. The molecule has 5 heterocycles. The number of aromatic nitrogens is 1. The van der Waals surface area contributed by atoms with E-state index in [1.54, 1.807) is 19.9 Å². The molecule has 6 rings (SSSR count). The minimum atomic E-state index is -1.64. The summed E-state index contributed by atoms with van der Waals surface area (Å²) >= 11 is 6.88. The van der Waals surface area contributed by atoms with E-state index in [1.165, 1.54) is 4.90 Å². The number of benzene rings is 1. The lowest BCUT2D eigenvalue weighted by molar-refractivity contribution is -0.153. The van der Waals surface area contributed by atoms with E-state index in [-0.39, 0.29) is 41.6 Å². The molecule has 1 aromatic heterocycles. The fourth-order valence-corrected chi connectivity index (χ4v) is 6.27. The van der Waals surface area contributed by atoms with Gasteiger partial charge in [-0.05, 0) is 38.8 Å². The van der Waals surface area contributed by atoms with Crippen LogP contribution in [0.1, 0.15) is 26.3 Å². The zero-order valence-electron chi connectivity index (χ0n) is 19.1. The minimum absolute atomic E-state index is 0.0440. The maximum atomic E-state index is 13.3. The van der Waals surface area contributed by atoms with E-state index in [0.717, 1.165) is 0 Å². The maximum absolute atomic E-state index is 13.3. The molecular weight excluding hydrogens is 482 g/mol. The number of ether oxygens (including phenoxy) is 2. The van der Waals surface area contributed by atoms with Gasteiger partial charge in [0.05, 0.1) is 35.9 Å². The van der Waals surface area contributed by atoms with Crippen molar-refractivity contribution in [3.8, 4) is 0 Å². The number of nitrogens with zero attached hydrogens (tertiary/aromatic N) is 3. The van der Waals surface area contributed by atoms with E-state index in [1.807, 2.05) is 11.8 Å². The molecule has 0 aliphatic carbocycles. The molecule has 0 saturated carbocycles. The van der Waals surface area contributed by atoms with Crippen LogP contribution in [0.3, 0.4) is 0 Å². The normalized spacial score (nSPS) is 29.7. The second-order valence-corrected chi connectivity index (χ2v) is 9.90. The number of anilines is 2. The van der Waals surface area contributed by atoms with Crippen molar-refractivity contribution in [3.05, 3.63) is 16.7 Å². The van der Waals surface area contributed by atoms with Gasteiger partial charge < -0.3 is 18.9 Å². The van der Waals surface area contributed by atoms with Gasteiger partial charge in [0.1, 0.15) is 11.1 Å². The summed E-state index contributed by atoms with van der Waals surface area (Å²) < 4.78 is 16.8. The van der Waals surface area contributed by atoms with Gasteiger partial charge in [0, 0.05) is 6.54 Å². The fourth-order valence-electron chi connectivity index (χ4n) is 5.91. The summed E-state index contributed by atoms with van der Waals surface area (Å²) in [5.74, 6) is -1.15. The van der Waals surface area contributed by atoms with Crippen LogP contribution < -0.4 is 20.4 Å². The van der Waals surface area contributed by atoms with Crippen LogP contribution in [0.2, 0.25) is 5.02 Å². The third-order valence-electron chi connectivity index (χ3n) is 7.16. The van der Waals surface area contributed by atoms with Crippen LogP contribution in [0.15, 0.2) is 10.6 Å². The quantitative estimate of drug-likeness (QED) is 0.556. The second-order valence-electron chi connectivity index (χ2n) is 9.52. The number of cyclic esters (lactones) is 1. The molecule has 0 radical (unpaired) electrons. The average molecular weight is 504 g/mol. The number of amides is 5. The number of rotatable bonds is 1. The van der Waals surface area contributed by atoms with Crippen molar-refractivity contribution < 1.29 is 33.2 Å². The van der Waals surface area contributed by atoms with Crippen molar-refractivity contribution in [3.63, 3.8) is 0 Å². The molecule has 4 aliphatic heterocycles. The van der Waals surface area contributed by atoms with Crippen molar-refractivity contribution in [2.45, 2.75) is 51.5 Å². The van der Waals surface area contributed by atoms with Gasteiger partial charge in [-0.3, -0.25) is 25.1 Å². The Labute approximate surface area is 203 Å². The van der Waals surface area contributed by atoms with Crippen molar-refractivity contribution in [1.29, 1.82) is 0 Å². The third-order valence-corrected chi connectivity index (χ3v) is 7.51. The van der Waals surface area contributed by atoms with Gasteiger partial charge in [0.2, 0.25) is 11.8 Å². The Hall–Kier alpha value is -3.38. The average Bonchev–Trinajstić information content (AvgIpc) is 3.33. The number of fused-ring (bicyclic) bond motifs is 5. The number of carbonyl (C=O) groups excluding carboxylic acids is 4. The maximum Gasteiger partial charge on any atom is 0.416 e. The topological polar surface area (TPSA) is 143 Å². The van der Waals surface area contributed by atoms with Crippen LogP contribution in [-0.2, 0) is 25.5 Å². The van der Waals surface area contributed by atoms with Crippen LogP contribution in [0, 0.1) is 5.41 Å². The summed E-state index contributed by atoms with van der Waals surface area (Å²) in [6.45, 7) is 6.07. The fraction of sp³-hybridized carbons (Fsp3) is 0.500. The van der Waals surface area contributed by atoms with E-state index in [2.05, 4.69) is 15.8 Å². The number of hydrogen-bond donors (Lipinski definition) is 2. The monoisotopic (exact) mass is 503 g/mol. The molecule has 0 unspecified atom stereocenters. The molecule has 35 heavy (non-hydrogen) atoms. The zero-order chi connectivity index (χ0) is 24.8. The highest BCUT2D eigenvalue weighted by atomic mass is 35.5. The molecule has 13 heteroatoms. The Morgan fingerprint density at radius 2 is 1.80 bits per heavy atom. The number of halogens is 1. The number of imide groups is 2. The van der Waals surface area contributed by atoms with Gasteiger partial charge in [0.15, 0.2) is 16.8 Å². The lowest BCUT2D eigenvalue weighted by Crippen LogP contribution is -2.75. The van der Waals surface area contributed by atoms with Crippen LogP contribution in [-0.4, -0.2) is 66.5 Å². The first-order valence-corrected chi connectivity index (χ1v) is 11.7. The summed E-state index contributed by atoms with van der Waals surface area (Å²) in [5, 5.41) is 9.31. The Kier molecular flexibility index (Phi) is 4.62. The molecule has 12 nitrogen and oxygen atoms in total. The lowest BCUT2D eigenvalue weighted by atomic mass is 9.66. The molecule has 3 fully saturated rings. The zero-order valence-corrected chi connectivity index (χ0v) is 19.8. The first kappa shape index (κ1) is 22.1. The predicted molar refractivity (Wildman–Crippen MR) is 121 cm³/mol. The smallest absolute Gasteiger partial charge is 0.416 e. The van der Waals surface area contributed by atoms with Crippen molar-refractivity contribution in [1.82, 2.24) is 15.8 Å². The molecule has 184 valence electrons. The summed E-state index contributed by atoms with van der Waals surface area (Å²) in [6, 6.07) is 0.140. The van der Waals surface area contributed by atoms with E-state index in [0.29, 0.717) is 23.2 Å². The first-order chi connectivity index (χ1) is 16.6. The summed E-state index contributed by atoms with van der Waals surface area (Å²) in [7, 11) is 0. The third kappa shape index (κ3) is 2.92. The van der Waals surface area contributed by atoms with E-state index >= 15 is 0 Å². The van der Waals surface area contributed by atoms with Gasteiger partial charge in [-0.2, -0.15) is 0 Å². The van der Waals surface area contributed by atoms with Gasteiger partial charge in [-0.1, -0.05) is 16.8 Å². The SMILES string of the molecule is C[C@@H]1CN(c2noc3c(Cl)c4c(cc23)CC2(C(=O)NC(=O)NC2=O)[C@H]2[C@H](C)O[C@H](C)CN42)C(=O)O1. The Morgan fingerprint density at radius 3 is 2.46 bits per heavy atom. The van der Waals surface area contributed by atoms with Crippen LogP contribution in [0.25, 0.3) is 11.0 Å². The highest BCUT2D eigenvalue weighted by molar-refractivity contribution is 6.38. The van der Waals surface area contributed by atoms with Crippen LogP contribution in [0.5, 0.6) is 0 Å². The van der Waals surface area contributed by atoms with Gasteiger partial charge in [0.25, 0.3) is 0 Å². The van der Waals surface area contributed by atoms with E-state index in [9.17, 15) is 19.2 Å². The van der Waals surface area contributed by atoms with Gasteiger partial charge >= 0.3 is 12.1 Å². The number of hydrogen-bond acceptors (Lipinski definition) is 9. The molecule has 1 aromatic carbocycles. The van der Waals surface area contributed by atoms with Crippen molar-refractivity contribution in [2.24, 2.45) is 5.41 Å². The Morgan fingerprint density at radius 1 is 1.09 bits per heavy atom. The summed E-state index contributed by atoms with van der Waals surface area (Å²) in [6.07, 6.45) is -1.68. The Balaban J connectivity index is 1.57. The van der Waals surface area contributed by atoms with Gasteiger partial charge in [-0.15, -0.1) is 0 Å². The van der Waals surface area contributed by atoms with Crippen LogP contribution in [0.4, 0.5) is 21.1 Å². The summed E-state index contributed by atoms with van der Waals surface area (Å²) in [5.41, 5.74) is -0.170. The number of morpholine rings is 1. The molecule has 0 bridgehead atoms. The van der Waals surface area contributed by atoms with E-state index in [4.69, 9.17) is 25.6 Å². The van der Waals surface area contributed by atoms with Gasteiger partial charge in [-0.25, -0.2) is 9.59 Å². The standard InChI is InChI=1S/C22H22ClN5O7/c1-8-6-27-14-11(5-22(16(27)10(3)33-8)18(29)24-20(31)25-19(22)30)4-12-15(13(14)23)35-26-17(12)28-7-9(2)34-21(28)32/h4,8-10,16H,5-7H2,1-3H3,(H2,24,25,29,30,31)/t8-,9-,10+,16-/m1/s1. The van der Waals surface area contributed by atoms with E-state index < -0.39 is 41.5 Å². The lowest BCUT2D eigenvalue weighted by Gasteiger charge is -2.55. The summed E-state index contributed by atoms with van der Waals surface area (Å²) in [4.78, 5) is 54.2. The number of nitrogens with one attached hydrogen (secondary N) is 2. The molecule has 4 aliphatic rings. The molecule has 2 aromatic rings. The number of urea groups is 1. The molecule has 4 atom stereocenters.